The molecule has 25 heavy (non-hydrogen) atoms. The van der Waals surface area contributed by atoms with Gasteiger partial charge in [0.1, 0.15) is 0 Å². The minimum Gasteiger partial charge on any atom is -0.397 e. The molecule has 0 spiro atoms. The van der Waals surface area contributed by atoms with Crippen LogP contribution in [0.1, 0.15) is 43.7 Å². The van der Waals surface area contributed by atoms with Gasteiger partial charge in [-0.25, -0.2) is 0 Å². The summed E-state index contributed by atoms with van der Waals surface area (Å²) in [6.07, 6.45) is 9.16. The number of carbonyl (C=O) groups excluding carboxylic acids is 1. The summed E-state index contributed by atoms with van der Waals surface area (Å²) in [7, 11) is 0. The van der Waals surface area contributed by atoms with E-state index in [2.05, 4.69) is 17.1 Å². The van der Waals surface area contributed by atoms with Crippen molar-refractivity contribution in [1.29, 1.82) is 0 Å². The molecule has 0 radical (unpaired) electrons. The third-order valence-electron chi connectivity index (χ3n) is 5.60. The van der Waals surface area contributed by atoms with E-state index in [0.29, 0.717) is 11.8 Å². The average Bonchev–Trinajstić information content (AvgIpc) is 2.68. The number of rotatable bonds is 2. The van der Waals surface area contributed by atoms with E-state index in [1.165, 1.54) is 0 Å². The van der Waals surface area contributed by atoms with E-state index >= 15 is 0 Å². The molecular formula is C21H25N3O. The van der Waals surface area contributed by atoms with Crippen molar-refractivity contribution in [2.24, 2.45) is 5.92 Å². The summed E-state index contributed by atoms with van der Waals surface area (Å²) in [6.45, 7) is 1.63. The normalized spacial score (nSPS) is 21.6. The fourth-order valence-electron chi connectivity index (χ4n) is 4.12. The summed E-state index contributed by atoms with van der Waals surface area (Å²) >= 11 is 0. The lowest BCUT2D eigenvalue weighted by atomic mass is 9.89. The molecule has 4 heteroatoms. The van der Waals surface area contributed by atoms with Crippen LogP contribution < -0.4 is 5.73 Å². The number of amides is 1. The standard InChI is InChI=1S/C21H25N3O/c22-18-14-17-8-4-5-9-19(17)23-20(18)15-10-12-24(13-11-15)21(25)16-6-2-1-3-7-16/h1-2,4-5,8-9,14-16H,3,6-7,10-13,22H2/t16-/m1/s1. The number of likely N-dealkylation sites (tertiary alicyclic amines) is 1. The van der Waals surface area contributed by atoms with Crippen LogP contribution in [-0.2, 0) is 4.79 Å². The molecule has 1 fully saturated rings. The number of pyridine rings is 1. The molecule has 1 aliphatic carbocycles. The first kappa shape index (κ1) is 16.1. The Bertz CT molecular complexity index is 806. The third-order valence-corrected chi connectivity index (χ3v) is 5.60. The fraction of sp³-hybridized carbons (Fsp3) is 0.429. The van der Waals surface area contributed by atoms with E-state index in [9.17, 15) is 4.79 Å². The van der Waals surface area contributed by atoms with Gasteiger partial charge in [-0.05, 0) is 44.2 Å². The quantitative estimate of drug-likeness (QED) is 0.847. The summed E-state index contributed by atoms with van der Waals surface area (Å²) < 4.78 is 0. The molecule has 2 aromatic rings. The van der Waals surface area contributed by atoms with Crippen LogP contribution in [-0.4, -0.2) is 28.9 Å². The number of fused-ring (bicyclic) bond motifs is 1. The summed E-state index contributed by atoms with van der Waals surface area (Å²) in [5, 5.41) is 1.08. The number of carbonyl (C=O) groups is 1. The van der Waals surface area contributed by atoms with Crippen molar-refractivity contribution in [2.75, 3.05) is 18.8 Å². The molecule has 1 atom stereocenters. The van der Waals surface area contributed by atoms with Crippen molar-refractivity contribution < 1.29 is 4.79 Å². The second-order valence-electron chi connectivity index (χ2n) is 7.24. The highest BCUT2D eigenvalue weighted by molar-refractivity contribution is 5.82. The molecule has 1 amide bonds. The molecule has 1 saturated heterocycles. The highest BCUT2D eigenvalue weighted by atomic mass is 16.2. The van der Waals surface area contributed by atoms with E-state index in [-0.39, 0.29) is 5.92 Å². The van der Waals surface area contributed by atoms with E-state index in [1.54, 1.807) is 0 Å². The van der Waals surface area contributed by atoms with Crippen molar-refractivity contribution >= 4 is 22.5 Å². The van der Waals surface area contributed by atoms with Gasteiger partial charge in [-0.15, -0.1) is 0 Å². The number of nitrogens with zero attached hydrogens (tertiary/aromatic N) is 2. The largest absolute Gasteiger partial charge is 0.397 e. The van der Waals surface area contributed by atoms with Gasteiger partial charge in [-0.1, -0.05) is 30.4 Å². The maximum Gasteiger partial charge on any atom is 0.226 e. The fourth-order valence-corrected chi connectivity index (χ4v) is 4.12. The lowest BCUT2D eigenvalue weighted by Gasteiger charge is -2.34. The van der Waals surface area contributed by atoms with Crippen LogP contribution in [0.15, 0.2) is 42.5 Å². The second-order valence-corrected chi connectivity index (χ2v) is 7.24. The Labute approximate surface area is 148 Å². The zero-order valence-electron chi connectivity index (χ0n) is 14.5. The van der Waals surface area contributed by atoms with E-state index in [1.807, 2.05) is 30.3 Å². The first-order valence-electron chi connectivity index (χ1n) is 9.31. The number of aromatic nitrogens is 1. The van der Waals surface area contributed by atoms with Crippen LogP contribution in [0.3, 0.4) is 0 Å². The Kier molecular flexibility index (Phi) is 4.43. The van der Waals surface area contributed by atoms with Gasteiger partial charge < -0.3 is 10.6 Å². The number of nitrogens with two attached hydrogens (primary N) is 1. The van der Waals surface area contributed by atoms with Crippen LogP contribution in [0, 0.1) is 5.92 Å². The van der Waals surface area contributed by atoms with Gasteiger partial charge in [0.25, 0.3) is 0 Å². The van der Waals surface area contributed by atoms with Gasteiger partial charge in [0, 0.05) is 30.3 Å². The van der Waals surface area contributed by atoms with Crippen molar-refractivity contribution in [1.82, 2.24) is 9.88 Å². The highest BCUT2D eigenvalue weighted by Crippen LogP contribution is 2.33. The molecule has 2 heterocycles. The number of allylic oxidation sites excluding steroid dienone is 2. The zero-order valence-corrected chi connectivity index (χ0v) is 14.5. The van der Waals surface area contributed by atoms with Gasteiger partial charge in [-0.3, -0.25) is 9.78 Å². The lowest BCUT2D eigenvalue weighted by molar-refractivity contribution is -0.136. The number of piperidine rings is 1. The number of anilines is 1. The molecule has 1 aromatic carbocycles. The van der Waals surface area contributed by atoms with Crippen molar-refractivity contribution in [3.8, 4) is 0 Å². The molecule has 0 unspecified atom stereocenters. The molecule has 0 saturated carbocycles. The Balaban J connectivity index is 1.46. The van der Waals surface area contributed by atoms with Gasteiger partial charge in [0.2, 0.25) is 5.91 Å². The van der Waals surface area contributed by atoms with Gasteiger partial charge in [0.15, 0.2) is 0 Å². The average molecular weight is 335 g/mol. The smallest absolute Gasteiger partial charge is 0.226 e. The molecule has 1 aliphatic heterocycles. The first-order chi connectivity index (χ1) is 12.2. The monoisotopic (exact) mass is 335 g/mol. The van der Waals surface area contributed by atoms with Crippen LogP contribution >= 0.6 is 0 Å². The Morgan fingerprint density at radius 1 is 1.12 bits per heavy atom. The van der Waals surface area contributed by atoms with Crippen LogP contribution in [0.5, 0.6) is 0 Å². The molecule has 0 bridgehead atoms. The zero-order chi connectivity index (χ0) is 17.2. The van der Waals surface area contributed by atoms with Crippen molar-refractivity contribution in [3.05, 3.63) is 48.2 Å². The number of benzene rings is 1. The minimum atomic E-state index is 0.186. The van der Waals surface area contributed by atoms with Crippen LogP contribution in [0.25, 0.3) is 10.9 Å². The topological polar surface area (TPSA) is 59.2 Å². The van der Waals surface area contributed by atoms with Crippen molar-refractivity contribution in [2.45, 2.75) is 38.0 Å². The second kappa shape index (κ2) is 6.87. The van der Waals surface area contributed by atoms with E-state index in [0.717, 1.165) is 67.5 Å². The molecule has 4 nitrogen and oxygen atoms in total. The van der Waals surface area contributed by atoms with Crippen molar-refractivity contribution in [3.63, 3.8) is 0 Å². The van der Waals surface area contributed by atoms with Gasteiger partial charge >= 0.3 is 0 Å². The van der Waals surface area contributed by atoms with E-state index in [4.69, 9.17) is 10.7 Å². The van der Waals surface area contributed by atoms with Gasteiger partial charge in [0.05, 0.1) is 16.9 Å². The number of nitrogen functional groups attached to an aromatic ring is 1. The third kappa shape index (κ3) is 3.26. The summed E-state index contributed by atoms with van der Waals surface area (Å²) in [5.74, 6) is 0.868. The van der Waals surface area contributed by atoms with Gasteiger partial charge in [-0.2, -0.15) is 0 Å². The highest BCUT2D eigenvalue weighted by Gasteiger charge is 2.29. The SMILES string of the molecule is Nc1cc2ccccc2nc1C1CCN(C(=O)[C@@H]2CC=CCC2)CC1. The Morgan fingerprint density at radius 2 is 1.92 bits per heavy atom. The molecule has 2 aliphatic rings. The molecule has 130 valence electrons. The lowest BCUT2D eigenvalue weighted by Crippen LogP contribution is -2.41. The maximum absolute atomic E-state index is 12.7. The minimum absolute atomic E-state index is 0.186. The number of hydrogen-bond acceptors (Lipinski definition) is 3. The summed E-state index contributed by atoms with van der Waals surface area (Å²) in [6, 6.07) is 10.1. The summed E-state index contributed by atoms with van der Waals surface area (Å²) in [4.78, 5) is 19.6. The Hall–Kier alpha value is -2.36. The Morgan fingerprint density at radius 3 is 2.68 bits per heavy atom. The predicted octanol–water partition coefficient (Wildman–Crippen LogP) is 3.88. The van der Waals surface area contributed by atoms with Crippen LogP contribution in [0.2, 0.25) is 0 Å². The molecular weight excluding hydrogens is 310 g/mol. The predicted molar refractivity (Wildman–Crippen MR) is 101 cm³/mol. The first-order valence-corrected chi connectivity index (χ1v) is 9.31. The van der Waals surface area contributed by atoms with E-state index < -0.39 is 0 Å². The number of hydrogen-bond donors (Lipinski definition) is 1. The number of para-hydroxylation sites is 1. The maximum atomic E-state index is 12.7. The molecule has 2 N–H and O–H groups in total. The molecule has 4 rings (SSSR count). The summed E-state index contributed by atoms with van der Waals surface area (Å²) in [5.41, 5.74) is 9.06. The molecule has 1 aromatic heterocycles. The van der Waals surface area contributed by atoms with Crippen LogP contribution in [0.4, 0.5) is 5.69 Å².